The molecule has 0 aromatic heterocycles. The number of allylic oxidation sites excluding steroid dienone is 6. The molecule has 0 aromatic carbocycles. The summed E-state index contributed by atoms with van der Waals surface area (Å²) in [5.74, 6) is 3.16. The smallest absolute Gasteiger partial charge is 0.618 e. The van der Waals surface area contributed by atoms with Crippen molar-refractivity contribution in [2.24, 2.45) is 11.3 Å². The Labute approximate surface area is 119 Å². The minimum absolute atomic E-state index is 0.283. The van der Waals surface area contributed by atoms with Crippen LogP contribution < -0.4 is 0 Å². The molecule has 0 N–H and O–H groups in total. The van der Waals surface area contributed by atoms with E-state index in [4.69, 9.17) is 3.79 Å². The summed E-state index contributed by atoms with van der Waals surface area (Å²) >= 11 is 10.7. The van der Waals surface area contributed by atoms with Crippen LogP contribution in [-0.2, 0) is 3.79 Å². The van der Waals surface area contributed by atoms with E-state index in [1.807, 2.05) is 0 Å². The normalized spacial score (nSPS) is 35.2. The Morgan fingerprint density at radius 2 is 2.19 bits per heavy atom. The quantitative estimate of drug-likeness (QED) is 0.464. The van der Waals surface area contributed by atoms with Gasteiger partial charge in [-0.15, -0.1) is 0 Å². The minimum Gasteiger partial charge on any atom is -0.744 e. The van der Waals surface area contributed by atoms with Crippen LogP contribution in [0.15, 0.2) is 35.6 Å². The maximum absolute atomic E-state index is 6.05. The largest absolute Gasteiger partial charge is 0.744 e. The molecule has 1 fully saturated rings. The predicted molar refractivity (Wildman–Crippen MR) is 78.4 cm³/mol. The van der Waals surface area contributed by atoms with E-state index in [1.165, 1.54) is 17.9 Å². The van der Waals surface area contributed by atoms with Crippen LogP contribution in [0.3, 0.4) is 0 Å². The Hall–Kier alpha value is 0.862. The lowest BCUT2D eigenvalue weighted by atomic mass is 9.93. The molecule has 0 heterocycles. The van der Waals surface area contributed by atoms with E-state index >= 15 is 0 Å². The van der Waals surface area contributed by atoms with E-state index in [0.29, 0.717) is 5.92 Å². The summed E-state index contributed by atoms with van der Waals surface area (Å²) in [5.41, 5.74) is 1.64. The maximum atomic E-state index is 6.05. The van der Waals surface area contributed by atoms with Gasteiger partial charge in [0.15, 0.2) is 0 Å². The summed E-state index contributed by atoms with van der Waals surface area (Å²) in [5, 5.41) is 0. The summed E-state index contributed by atoms with van der Waals surface area (Å²) < 4.78 is 6.05. The first-order valence-electron chi connectivity index (χ1n) is 5.26. The molecule has 0 aliphatic heterocycles. The van der Waals surface area contributed by atoms with Crippen molar-refractivity contribution in [1.29, 1.82) is 0 Å². The Morgan fingerprint density at radius 1 is 1.44 bits per heavy atom. The zero-order chi connectivity index (χ0) is 11.6. The Balaban J connectivity index is 2.00. The van der Waals surface area contributed by atoms with Gasteiger partial charge in [0.05, 0.1) is 11.8 Å². The van der Waals surface area contributed by atoms with Gasteiger partial charge in [-0.05, 0) is 6.08 Å². The molecule has 1 nitrogen and oxygen atoms in total. The predicted octanol–water partition coefficient (Wildman–Crippen LogP) is 4.62. The van der Waals surface area contributed by atoms with Gasteiger partial charge < -0.3 is 45.9 Å². The van der Waals surface area contributed by atoms with E-state index in [2.05, 4.69) is 73.4 Å². The van der Waals surface area contributed by atoms with Crippen molar-refractivity contribution in [2.45, 2.75) is 13.3 Å². The van der Waals surface area contributed by atoms with Crippen LogP contribution in [-0.4, -0.2) is 7.93 Å². The van der Waals surface area contributed by atoms with Gasteiger partial charge in [-0.25, -0.2) is 0 Å². The molecule has 2 atom stereocenters. The van der Waals surface area contributed by atoms with Crippen LogP contribution >= 0.6 is 42.2 Å². The molecule has 84 valence electrons. The van der Waals surface area contributed by atoms with Crippen LogP contribution in [0, 0.1) is 17.3 Å². The molecular weight excluding hydrogens is 415 g/mol. The van der Waals surface area contributed by atoms with Crippen LogP contribution in [0.4, 0.5) is 0 Å². The van der Waals surface area contributed by atoms with E-state index in [9.17, 15) is 0 Å². The summed E-state index contributed by atoms with van der Waals surface area (Å²) in [6, 6.07) is 0. The van der Waals surface area contributed by atoms with Crippen LogP contribution in [0.2, 0.25) is 0 Å². The Morgan fingerprint density at radius 3 is 2.88 bits per heavy atom. The minimum atomic E-state index is -2.33. The third kappa shape index (κ3) is 1.71. The van der Waals surface area contributed by atoms with Gasteiger partial charge in [0.2, 0.25) is 5.76 Å². The molecule has 0 bridgehead atoms. The average molecular weight is 425 g/mol. The lowest BCUT2D eigenvalue weighted by Crippen LogP contribution is -2.17. The van der Waals surface area contributed by atoms with Gasteiger partial charge in [-0.3, -0.25) is 0 Å². The molecule has 3 aliphatic carbocycles. The molecule has 16 heavy (non-hydrogen) atoms. The molecular formula is C11H10AlBr3O. The van der Waals surface area contributed by atoms with Gasteiger partial charge in [-0.2, -0.15) is 0 Å². The third-order valence-corrected chi connectivity index (χ3v) is 5.83. The maximum Gasteiger partial charge on any atom is 0.618 e. The fourth-order valence-electron chi connectivity index (χ4n) is 2.87. The van der Waals surface area contributed by atoms with Crippen molar-refractivity contribution >= 4 is 50.1 Å². The van der Waals surface area contributed by atoms with Crippen molar-refractivity contribution in [2.75, 3.05) is 0 Å². The van der Waals surface area contributed by atoms with Crippen LogP contribution in [0.5, 0.6) is 0 Å². The highest BCUT2D eigenvalue weighted by atomic mass is 80.0. The monoisotopic (exact) mass is 422 g/mol. The van der Waals surface area contributed by atoms with E-state index in [0.717, 1.165) is 5.76 Å². The second-order valence-electron chi connectivity index (χ2n) is 4.57. The van der Waals surface area contributed by atoms with Crippen LogP contribution in [0.1, 0.15) is 13.3 Å². The van der Waals surface area contributed by atoms with Crippen molar-refractivity contribution in [3.63, 3.8) is 0 Å². The second-order valence-corrected chi connectivity index (χ2v) is 28.5. The fraction of sp³-hybridized carbons (Fsp3) is 0.364. The van der Waals surface area contributed by atoms with E-state index in [-0.39, 0.29) is 5.41 Å². The highest BCUT2D eigenvalue weighted by Crippen LogP contribution is 2.71. The summed E-state index contributed by atoms with van der Waals surface area (Å²) in [6.07, 6.45) is 10.0. The molecule has 2 unspecified atom stereocenters. The molecule has 1 saturated carbocycles. The Kier molecular flexibility index (Phi) is 2.74. The van der Waals surface area contributed by atoms with Gasteiger partial charge >= 0.3 is 7.93 Å². The number of hydrogen-bond acceptors (Lipinski definition) is 1. The number of rotatable bonds is 2. The zero-order valence-electron chi connectivity index (χ0n) is 8.71. The topological polar surface area (TPSA) is 9.23 Å². The average Bonchev–Trinajstić information content (AvgIpc) is 2.83. The van der Waals surface area contributed by atoms with E-state index < -0.39 is 7.93 Å². The molecule has 0 amide bonds. The fourth-order valence-corrected chi connectivity index (χ4v) is 5.13. The summed E-state index contributed by atoms with van der Waals surface area (Å²) in [4.78, 5) is 0. The third-order valence-electron chi connectivity index (χ3n) is 3.65. The lowest BCUT2D eigenvalue weighted by molar-refractivity contribution is 0.444. The highest BCUT2D eigenvalue weighted by Gasteiger charge is 2.72. The van der Waals surface area contributed by atoms with Gasteiger partial charge in [-0.1, -0.05) is 12.2 Å². The molecule has 0 saturated heterocycles. The Bertz CT molecular complexity index is 435. The second kappa shape index (κ2) is 3.68. The van der Waals surface area contributed by atoms with Crippen LogP contribution in [0.25, 0.3) is 0 Å². The van der Waals surface area contributed by atoms with Gasteiger partial charge in [0.1, 0.15) is 11.0 Å². The highest BCUT2D eigenvalue weighted by molar-refractivity contribution is 9.71. The zero-order valence-corrected chi connectivity index (χ0v) is 14.6. The molecule has 5 heteroatoms. The van der Waals surface area contributed by atoms with Crippen molar-refractivity contribution < 1.29 is 3.79 Å². The molecule has 1 spiro atoms. The molecule has 3 rings (SSSR count). The first-order chi connectivity index (χ1) is 7.44. The first-order valence-corrected chi connectivity index (χ1v) is 15.3. The van der Waals surface area contributed by atoms with Crippen molar-refractivity contribution in [3.05, 3.63) is 41.6 Å². The summed E-state index contributed by atoms with van der Waals surface area (Å²) in [7, 11) is -2.33. The lowest BCUT2D eigenvalue weighted by Gasteiger charge is -2.24. The number of halogens is 3. The first kappa shape index (κ1) is 11.9. The summed E-state index contributed by atoms with van der Waals surface area (Å²) in [6.45, 7) is 2.19. The molecule has 3 aliphatic rings. The van der Waals surface area contributed by atoms with Crippen molar-refractivity contribution in [1.82, 2.24) is 0 Å². The number of hydrogen-bond donors (Lipinski definition) is 0. The molecule has 0 aromatic rings. The standard InChI is InChI=1S/C11H10O.Al.3BrH/c1-7-9-6-11(9)5-3-2-4-8(11)10(7)12;;;;/h2-5,9H,6H2,1H3;;3*1H/q;+3;;;/p-3. The SMILES string of the molecule is C[C+]1C([O][Al-]([Br])([Br])[Br])=C2C=CC=CC23CC13. The van der Waals surface area contributed by atoms with Gasteiger partial charge in [0.25, 0.3) is 0 Å². The van der Waals surface area contributed by atoms with Gasteiger partial charge in [0, 0.05) is 19.4 Å². The van der Waals surface area contributed by atoms with E-state index in [1.54, 1.807) is 0 Å². The molecule has 0 radical (unpaired) electrons. The van der Waals surface area contributed by atoms with Crippen molar-refractivity contribution in [3.8, 4) is 0 Å².